The van der Waals surface area contributed by atoms with Crippen molar-refractivity contribution in [1.29, 1.82) is 0 Å². The van der Waals surface area contributed by atoms with Crippen molar-refractivity contribution in [1.82, 2.24) is 10.6 Å². The van der Waals surface area contributed by atoms with Crippen LogP contribution in [0.1, 0.15) is 44.7 Å². The lowest BCUT2D eigenvalue weighted by molar-refractivity contribution is 0.127. The Balaban J connectivity index is 0.00000392. The lowest BCUT2D eigenvalue weighted by Crippen LogP contribution is -2.44. The molecular weight excluding hydrogens is 469 g/mol. The average molecular weight is 505 g/mol. The van der Waals surface area contributed by atoms with Crippen LogP contribution in [0.2, 0.25) is 0 Å². The number of halogens is 1. The van der Waals surface area contributed by atoms with E-state index in [9.17, 15) is 5.11 Å². The van der Waals surface area contributed by atoms with Crippen LogP contribution < -0.4 is 15.4 Å². The molecule has 1 heterocycles. The standard InChI is InChI=1S/C21H35N3O3.HI/c1-16-6-7-17(18(12-16)27-20(2,3)4)13-23-19(22-5)24-14-21(8-10-25)9-11-26-15-21;/h6-7,12,25H,8-11,13-15H2,1-5H3,(H2,22,23,24);1H. The van der Waals surface area contributed by atoms with Crippen LogP contribution in [-0.4, -0.2) is 50.1 Å². The van der Waals surface area contributed by atoms with Crippen molar-refractivity contribution < 1.29 is 14.6 Å². The molecule has 1 unspecified atom stereocenters. The summed E-state index contributed by atoms with van der Waals surface area (Å²) in [5.74, 6) is 1.63. The van der Waals surface area contributed by atoms with E-state index in [1.54, 1.807) is 7.05 Å². The van der Waals surface area contributed by atoms with Gasteiger partial charge in [0.05, 0.1) is 6.61 Å². The van der Waals surface area contributed by atoms with E-state index in [4.69, 9.17) is 9.47 Å². The number of ether oxygens (including phenoxy) is 2. The first kappa shape index (κ1) is 25.0. The highest BCUT2D eigenvalue weighted by atomic mass is 127. The predicted octanol–water partition coefficient (Wildman–Crippen LogP) is 3.24. The summed E-state index contributed by atoms with van der Waals surface area (Å²) in [6.45, 7) is 11.2. The van der Waals surface area contributed by atoms with Crippen molar-refractivity contribution in [2.45, 2.75) is 52.7 Å². The number of aliphatic hydroxyl groups excluding tert-OH is 1. The topological polar surface area (TPSA) is 75.1 Å². The molecule has 3 N–H and O–H groups in total. The van der Waals surface area contributed by atoms with E-state index in [1.807, 2.05) is 0 Å². The Kier molecular flexibility index (Phi) is 10.00. The van der Waals surface area contributed by atoms with Crippen LogP contribution in [-0.2, 0) is 11.3 Å². The van der Waals surface area contributed by atoms with Gasteiger partial charge in [-0.25, -0.2) is 0 Å². The Morgan fingerprint density at radius 3 is 2.64 bits per heavy atom. The highest BCUT2D eigenvalue weighted by molar-refractivity contribution is 14.0. The summed E-state index contributed by atoms with van der Waals surface area (Å²) in [6.07, 6.45) is 1.69. The molecule has 1 aliphatic heterocycles. The van der Waals surface area contributed by atoms with Gasteiger partial charge in [-0.15, -0.1) is 24.0 Å². The zero-order valence-corrected chi connectivity index (χ0v) is 20.1. The normalized spacial score (nSPS) is 19.9. The van der Waals surface area contributed by atoms with E-state index in [-0.39, 0.29) is 41.6 Å². The van der Waals surface area contributed by atoms with Crippen LogP contribution in [0.25, 0.3) is 0 Å². The minimum atomic E-state index is -0.248. The lowest BCUT2D eigenvalue weighted by atomic mass is 9.84. The number of benzene rings is 1. The van der Waals surface area contributed by atoms with E-state index >= 15 is 0 Å². The number of aliphatic imine (C=N–C) groups is 1. The molecule has 6 nitrogen and oxygen atoms in total. The van der Waals surface area contributed by atoms with Gasteiger partial charge in [-0.3, -0.25) is 4.99 Å². The van der Waals surface area contributed by atoms with E-state index in [0.717, 1.165) is 43.3 Å². The van der Waals surface area contributed by atoms with E-state index in [2.05, 4.69) is 61.5 Å². The molecule has 1 aromatic rings. The highest BCUT2D eigenvalue weighted by Crippen LogP contribution is 2.31. The molecule has 0 amide bonds. The van der Waals surface area contributed by atoms with Crippen LogP contribution in [0.5, 0.6) is 5.75 Å². The first-order chi connectivity index (χ1) is 12.8. The Morgan fingerprint density at radius 2 is 2.07 bits per heavy atom. The Hall–Kier alpha value is -1.06. The molecule has 0 spiro atoms. The second-order valence-corrected chi connectivity index (χ2v) is 8.38. The molecule has 0 bridgehead atoms. The van der Waals surface area contributed by atoms with Gasteiger partial charge >= 0.3 is 0 Å². The maximum atomic E-state index is 9.37. The summed E-state index contributed by atoms with van der Waals surface area (Å²) in [6, 6.07) is 6.26. The van der Waals surface area contributed by atoms with Crippen molar-refractivity contribution in [3.05, 3.63) is 29.3 Å². The number of aryl methyl sites for hydroxylation is 1. The molecule has 0 aliphatic carbocycles. The molecule has 1 atom stereocenters. The smallest absolute Gasteiger partial charge is 0.191 e. The summed E-state index contributed by atoms with van der Waals surface area (Å²) in [5.41, 5.74) is 2.00. The summed E-state index contributed by atoms with van der Waals surface area (Å²) < 4.78 is 11.7. The van der Waals surface area contributed by atoms with Crippen LogP contribution in [0.15, 0.2) is 23.2 Å². The van der Waals surface area contributed by atoms with E-state index < -0.39 is 0 Å². The summed E-state index contributed by atoms with van der Waals surface area (Å²) in [5, 5.41) is 16.1. The average Bonchev–Trinajstić information content (AvgIpc) is 3.04. The Labute approximate surface area is 186 Å². The van der Waals surface area contributed by atoms with Crippen molar-refractivity contribution >= 4 is 29.9 Å². The minimum absolute atomic E-state index is 0. The number of nitrogens with one attached hydrogen (secondary N) is 2. The second kappa shape index (κ2) is 11.2. The summed E-state index contributed by atoms with van der Waals surface area (Å²) >= 11 is 0. The first-order valence-electron chi connectivity index (χ1n) is 9.69. The molecule has 1 aromatic carbocycles. The number of hydrogen-bond acceptors (Lipinski definition) is 4. The van der Waals surface area contributed by atoms with Gasteiger partial charge in [0.1, 0.15) is 11.4 Å². The van der Waals surface area contributed by atoms with Crippen LogP contribution in [0.4, 0.5) is 0 Å². The molecule has 7 heteroatoms. The molecule has 160 valence electrons. The highest BCUT2D eigenvalue weighted by Gasteiger charge is 2.34. The molecule has 1 saturated heterocycles. The molecular formula is C21H36IN3O3. The fourth-order valence-electron chi connectivity index (χ4n) is 3.22. The fourth-order valence-corrected chi connectivity index (χ4v) is 3.22. The van der Waals surface area contributed by atoms with Gasteiger partial charge in [-0.05, 0) is 52.2 Å². The first-order valence-corrected chi connectivity index (χ1v) is 9.69. The monoisotopic (exact) mass is 505 g/mol. The summed E-state index contributed by atoms with van der Waals surface area (Å²) in [7, 11) is 1.76. The Bertz CT molecular complexity index is 638. The molecule has 1 fully saturated rings. The number of rotatable bonds is 7. The quantitative estimate of drug-likeness (QED) is 0.302. The van der Waals surface area contributed by atoms with Crippen molar-refractivity contribution in [3.8, 4) is 5.75 Å². The van der Waals surface area contributed by atoms with Gasteiger partial charge in [-0.1, -0.05) is 12.1 Å². The van der Waals surface area contributed by atoms with Crippen LogP contribution in [0, 0.1) is 12.3 Å². The maximum Gasteiger partial charge on any atom is 0.191 e. The van der Waals surface area contributed by atoms with Crippen molar-refractivity contribution in [2.75, 3.05) is 33.4 Å². The Morgan fingerprint density at radius 1 is 1.32 bits per heavy atom. The van der Waals surface area contributed by atoms with Crippen molar-refractivity contribution in [2.24, 2.45) is 10.4 Å². The third kappa shape index (κ3) is 7.75. The predicted molar refractivity (Wildman–Crippen MR) is 125 cm³/mol. The molecule has 2 rings (SSSR count). The number of hydrogen-bond donors (Lipinski definition) is 3. The third-order valence-electron chi connectivity index (χ3n) is 4.77. The fraction of sp³-hybridized carbons (Fsp3) is 0.667. The molecule has 0 aromatic heterocycles. The SMILES string of the molecule is CN=C(NCc1ccc(C)cc1OC(C)(C)C)NCC1(CCO)CCOC1.I. The number of nitrogens with zero attached hydrogens (tertiary/aromatic N) is 1. The molecule has 1 aliphatic rings. The van der Waals surface area contributed by atoms with Crippen molar-refractivity contribution in [3.63, 3.8) is 0 Å². The molecule has 28 heavy (non-hydrogen) atoms. The zero-order valence-electron chi connectivity index (χ0n) is 17.8. The van der Waals surface area contributed by atoms with Gasteiger partial charge in [0, 0.05) is 44.3 Å². The summed E-state index contributed by atoms with van der Waals surface area (Å²) in [4.78, 5) is 4.33. The zero-order chi connectivity index (χ0) is 19.9. The van der Waals surface area contributed by atoms with Gasteiger partial charge in [0.25, 0.3) is 0 Å². The van der Waals surface area contributed by atoms with Gasteiger partial charge in [0.15, 0.2) is 5.96 Å². The second-order valence-electron chi connectivity index (χ2n) is 8.38. The maximum absolute atomic E-state index is 9.37. The van der Waals surface area contributed by atoms with Crippen LogP contribution >= 0.6 is 24.0 Å². The number of aliphatic hydroxyl groups is 1. The van der Waals surface area contributed by atoms with E-state index in [1.165, 1.54) is 5.56 Å². The van der Waals surface area contributed by atoms with Gasteiger partial charge < -0.3 is 25.2 Å². The number of guanidine groups is 1. The largest absolute Gasteiger partial charge is 0.488 e. The molecule has 0 radical (unpaired) electrons. The minimum Gasteiger partial charge on any atom is -0.488 e. The molecule has 0 saturated carbocycles. The van der Waals surface area contributed by atoms with Gasteiger partial charge in [-0.2, -0.15) is 0 Å². The lowest BCUT2D eigenvalue weighted by Gasteiger charge is -2.28. The third-order valence-corrected chi connectivity index (χ3v) is 4.77. The van der Waals surface area contributed by atoms with Gasteiger partial charge in [0.2, 0.25) is 0 Å². The van der Waals surface area contributed by atoms with Crippen LogP contribution in [0.3, 0.4) is 0 Å². The van der Waals surface area contributed by atoms with E-state index in [0.29, 0.717) is 13.2 Å².